The summed E-state index contributed by atoms with van der Waals surface area (Å²) in [6.45, 7) is 0. The molecule has 0 spiro atoms. The standard InChI is InChI=1S/C17H14IN3OS/c1-22-15-4-2-3-12(9-15)10-19-21-17-20-16(11-23-17)13-5-7-14(18)8-6-13/h2-11H,1H3,(H,20,21)/b19-10-. The van der Waals surface area contributed by atoms with Crippen LogP contribution in [0.2, 0.25) is 0 Å². The van der Waals surface area contributed by atoms with Crippen LogP contribution in [0.15, 0.2) is 59.0 Å². The molecule has 0 saturated heterocycles. The topological polar surface area (TPSA) is 46.5 Å². The third-order valence-electron chi connectivity index (χ3n) is 3.11. The predicted octanol–water partition coefficient (Wildman–Crippen LogP) is 4.87. The first-order chi connectivity index (χ1) is 11.2. The van der Waals surface area contributed by atoms with Crippen LogP contribution < -0.4 is 10.2 Å². The van der Waals surface area contributed by atoms with Gasteiger partial charge in [0.25, 0.3) is 0 Å². The van der Waals surface area contributed by atoms with Crippen LogP contribution in [0, 0.1) is 3.57 Å². The Hall–Kier alpha value is -1.93. The normalized spacial score (nSPS) is 10.9. The quantitative estimate of drug-likeness (QED) is 0.354. The fourth-order valence-electron chi connectivity index (χ4n) is 1.96. The maximum absolute atomic E-state index is 5.19. The first kappa shape index (κ1) is 15.9. The summed E-state index contributed by atoms with van der Waals surface area (Å²) in [5, 5.41) is 7.01. The number of nitrogens with one attached hydrogen (secondary N) is 1. The molecule has 0 aliphatic carbocycles. The molecule has 116 valence electrons. The second-order valence-electron chi connectivity index (χ2n) is 4.69. The second kappa shape index (κ2) is 7.56. The minimum Gasteiger partial charge on any atom is -0.497 e. The molecule has 0 fully saturated rings. The van der Waals surface area contributed by atoms with E-state index in [1.165, 1.54) is 14.9 Å². The Morgan fingerprint density at radius 3 is 2.83 bits per heavy atom. The SMILES string of the molecule is COc1cccc(/C=N\Nc2nc(-c3ccc(I)cc3)cs2)c1. The molecule has 0 saturated carbocycles. The third-order valence-corrected chi connectivity index (χ3v) is 4.58. The van der Waals surface area contributed by atoms with Crippen LogP contribution in [-0.4, -0.2) is 18.3 Å². The van der Waals surface area contributed by atoms with Crippen molar-refractivity contribution in [2.24, 2.45) is 5.10 Å². The molecule has 1 N–H and O–H groups in total. The van der Waals surface area contributed by atoms with Crippen LogP contribution in [0.3, 0.4) is 0 Å². The summed E-state index contributed by atoms with van der Waals surface area (Å²) in [4.78, 5) is 4.54. The highest BCUT2D eigenvalue weighted by atomic mass is 127. The van der Waals surface area contributed by atoms with Crippen LogP contribution in [0.4, 0.5) is 5.13 Å². The van der Waals surface area contributed by atoms with Gasteiger partial charge in [-0.3, -0.25) is 5.43 Å². The molecule has 0 radical (unpaired) electrons. The number of ether oxygens (including phenoxy) is 1. The van der Waals surface area contributed by atoms with Crippen molar-refractivity contribution in [3.63, 3.8) is 0 Å². The highest BCUT2D eigenvalue weighted by Crippen LogP contribution is 2.25. The van der Waals surface area contributed by atoms with Crippen LogP contribution in [0.1, 0.15) is 5.56 Å². The maximum Gasteiger partial charge on any atom is 0.203 e. The van der Waals surface area contributed by atoms with Gasteiger partial charge in [0.1, 0.15) is 5.75 Å². The number of hydrazone groups is 1. The van der Waals surface area contributed by atoms with Crippen molar-refractivity contribution in [3.05, 3.63) is 63.0 Å². The Balaban J connectivity index is 1.67. The van der Waals surface area contributed by atoms with Gasteiger partial charge in [-0.1, -0.05) is 24.3 Å². The van der Waals surface area contributed by atoms with Crippen molar-refractivity contribution in [2.75, 3.05) is 12.5 Å². The Morgan fingerprint density at radius 2 is 2.04 bits per heavy atom. The molecule has 6 heteroatoms. The number of benzene rings is 2. The van der Waals surface area contributed by atoms with E-state index in [4.69, 9.17) is 4.74 Å². The number of halogens is 1. The van der Waals surface area contributed by atoms with E-state index in [1.807, 2.05) is 29.6 Å². The summed E-state index contributed by atoms with van der Waals surface area (Å²) < 4.78 is 6.40. The Kier molecular flexibility index (Phi) is 5.24. The Morgan fingerprint density at radius 1 is 1.22 bits per heavy atom. The maximum atomic E-state index is 5.19. The van der Waals surface area contributed by atoms with Crippen molar-refractivity contribution in [1.82, 2.24) is 4.98 Å². The van der Waals surface area contributed by atoms with Gasteiger partial charge < -0.3 is 4.74 Å². The van der Waals surface area contributed by atoms with Crippen molar-refractivity contribution in [3.8, 4) is 17.0 Å². The van der Waals surface area contributed by atoms with Crippen LogP contribution in [-0.2, 0) is 0 Å². The smallest absolute Gasteiger partial charge is 0.203 e. The molecule has 2 aromatic carbocycles. The minimum absolute atomic E-state index is 0.762. The fourth-order valence-corrected chi connectivity index (χ4v) is 2.99. The first-order valence-corrected chi connectivity index (χ1v) is 8.85. The van der Waals surface area contributed by atoms with E-state index in [0.717, 1.165) is 27.7 Å². The third kappa shape index (κ3) is 4.29. The van der Waals surface area contributed by atoms with Gasteiger partial charge in [-0.2, -0.15) is 5.10 Å². The highest BCUT2D eigenvalue weighted by molar-refractivity contribution is 14.1. The van der Waals surface area contributed by atoms with E-state index in [9.17, 15) is 0 Å². The number of anilines is 1. The van der Waals surface area contributed by atoms with Gasteiger partial charge in [0, 0.05) is 14.5 Å². The monoisotopic (exact) mass is 435 g/mol. The molecule has 4 nitrogen and oxygen atoms in total. The predicted molar refractivity (Wildman–Crippen MR) is 104 cm³/mol. The van der Waals surface area contributed by atoms with Gasteiger partial charge in [-0.05, 0) is 52.4 Å². The number of thiazole rings is 1. The molecule has 0 atom stereocenters. The molecule has 0 bridgehead atoms. The van der Waals surface area contributed by atoms with E-state index in [0.29, 0.717) is 0 Å². The molecule has 1 aromatic heterocycles. The number of hydrogen-bond donors (Lipinski definition) is 1. The molecule has 3 aromatic rings. The highest BCUT2D eigenvalue weighted by Gasteiger charge is 2.03. The van der Waals surface area contributed by atoms with E-state index in [-0.39, 0.29) is 0 Å². The lowest BCUT2D eigenvalue weighted by Crippen LogP contribution is -1.91. The molecule has 3 rings (SSSR count). The summed E-state index contributed by atoms with van der Waals surface area (Å²) in [5.74, 6) is 0.809. The molecular weight excluding hydrogens is 421 g/mol. The Labute approximate surface area is 152 Å². The van der Waals surface area contributed by atoms with E-state index in [2.05, 4.69) is 62.4 Å². The summed E-state index contributed by atoms with van der Waals surface area (Å²) in [7, 11) is 1.65. The average molecular weight is 435 g/mol. The second-order valence-corrected chi connectivity index (χ2v) is 6.80. The molecule has 0 amide bonds. The zero-order valence-corrected chi connectivity index (χ0v) is 15.3. The zero-order valence-electron chi connectivity index (χ0n) is 12.4. The first-order valence-electron chi connectivity index (χ1n) is 6.89. The summed E-state index contributed by atoms with van der Waals surface area (Å²) in [5.41, 5.74) is 5.98. The minimum atomic E-state index is 0.762. The lowest BCUT2D eigenvalue weighted by atomic mass is 10.2. The van der Waals surface area contributed by atoms with Crippen molar-refractivity contribution >= 4 is 45.3 Å². The molecule has 0 unspecified atom stereocenters. The van der Waals surface area contributed by atoms with Gasteiger partial charge in [0.15, 0.2) is 0 Å². The van der Waals surface area contributed by atoms with E-state index in [1.54, 1.807) is 13.3 Å². The number of nitrogens with zero attached hydrogens (tertiary/aromatic N) is 2. The van der Waals surface area contributed by atoms with Crippen molar-refractivity contribution in [2.45, 2.75) is 0 Å². The van der Waals surface area contributed by atoms with Gasteiger partial charge in [-0.25, -0.2) is 4.98 Å². The van der Waals surface area contributed by atoms with E-state index >= 15 is 0 Å². The summed E-state index contributed by atoms with van der Waals surface area (Å²) >= 11 is 3.82. The number of aromatic nitrogens is 1. The van der Waals surface area contributed by atoms with Crippen LogP contribution >= 0.6 is 33.9 Å². The Bertz CT molecular complexity index is 815. The molecule has 0 aliphatic rings. The molecular formula is C17H14IN3OS. The van der Waals surface area contributed by atoms with E-state index < -0.39 is 0 Å². The average Bonchev–Trinajstić information content (AvgIpc) is 3.04. The van der Waals surface area contributed by atoms with Gasteiger partial charge in [0.05, 0.1) is 19.0 Å². The fraction of sp³-hybridized carbons (Fsp3) is 0.0588. The van der Waals surface area contributed by atoms with Crippen LogP contribution in [0.5, 0.6) is 5.75 Å². The lowest BCUT2D eigenvalue weighted by molar-refractivity contribution is 0.415. The molecule has 23 heavy (non-hydrogen) atoms. The van der Waals surface area contributed by atoms with Crippen LogP contribution in [0.25, 0.3) is 11.3 Å². The molecule has 0 aliphatic heterocycles. The van der Waals surface area contributed by atoms with Gasteiger partial charge >= 0.3 is 0 Å². The summed E-state index contributed by atoms with van der Waals surface area (Å²) in [6, 6.07) is 16.0. The largest absolute Gasteiger partial charge is 0.497 e. The molecule has 1 heterocycles. The lowest BCUT2D eigenvalue weighted by Gasteiger charge is -1.99. The van der Waals surface area contributed by atoms with Crippen molar-refractivity contribution in [1.29, 1.82) is 0 Å². The number of rotatable bonds is 5. The van der Waals surface area contributed by atoms with Gasteiger partial charge in [0.2, 0.25) is 5.13 Å². The summed E-state index contributed by atoms with van der Waals surface area (Å²) in [6.07, 6.45) is 1.74. The number of hydrogen-bond acceptors (Lipinski definition) is 5. The van der Waals surface area contributed by atoms with Gasteiger partial charge in [-0.15, -0.1) is 11.3 Å². The van der Waals surface area contributed by atoms with Crippen molar-refractivity contribution < 1.29 is 4.74 Å². The number of methoxy groups -OCH3 is 1. The zero-order chi connectivity index (χ0) is 16.1.